The van der Waals surface area contributed by atoms with Crippen LogP contribution in [0.2, 0.25) is 0 Å². The van der Waals surface area contributed by atoms with Crippen LogP contribution in [0, 0.1) is 11.6 Å². The third-order valence-electron chi connectivity index (χ3n) is 3.15. The Morgan fingerprint density at radius 1 is 1.14 bits per heavy atom. The first kappa shape index (κ1) is 16.7. The number of hydrogen-bond acceptors (Lipinski definition) is 4. The molecule has 8 heteroatoms. The molecule has 0 spiro atoms. The quantitative estimate of drug-likeness (QED) is 0.799. The van der Waals surface area contributed by atoms with Gasteiger partial charge in [-0.3, -0.25) is 0 Å². The predicted octanol–water partition coefficient (Wildman–Crippen LogP) is 1.43. The first-order chi connectivity index (χ1) is 9.97. The Kier molecular flexibility index (Phi) is 5.98. The van der Waals surface area contributed by atoms with E-state index in [0.717, 1.165) is 17.6 Å². The lowest BCUT2D eigenvalue weighted by molar-refractivity contribution is 0.442. The van der Waals surface area contributed by atoms with Gasteiger partial charge in [0, 0.05) is 43.8 Å². The summed E-state index contributed by atoms with van der Waals surface area (Å²) in [6.45, 7) is 1.61. The van der Waals surface area contributed by atoms with Gasteiger partial charge in [-0.05, 0) is 17.7 Å². The molecule has 4 nitrogen and oxygen atoms in total. The van der Waals surface area contributed by atoms with Crippen LogP contribution in [0.5, 0.6) is 0 Å². The highest BCUT2D eigenvalue weighted by molar-refractivity contribution is 7.99. The maximum Gasteiger partial charge on any atom is 0.215 e. The number of hydrogen-bond donors (Lipinski definition) is 1. The molecule has 0 amide bonds. The number of halogens is 2. The molecule has 118 valence electrons. The zero-order valence-corrected chi connectivity index (χ0v) is 13.2. The minimum atomic E-state index is -3.24. The van der Waals surface area contributed by atoms with Crippen LogP contribution in [-0.2, 0) is 16.6 Å². The van der Waals surface area contributed by atoms with Gasteiger partial charge in [0.15, 0.2) is 0 Å². The number of nitrogens with one attached hydrogen (secondary N) is 1. The van der Waals surface area contributed by atoms with E-state index in [1.807, 2.05) is 0 Å². The van der Waals surface area contributed by atoms with Crippen molar-refractivity contribution >= 4 is 21.8 Å². The second kappa shape index (κ2) is 7.53. The molecule has 0 radical (unpaired) electrons. The number of benzene rings is 1. The van der Waals surface area contributed by atoms with Gasteiger partial charge in [-0.15, -0.1) is 0 Å². The Labute approximate surface area is 128 Å². The topological polar surface area (TPSA) is 49.4 Å². The van der Waals surface area contributed by atoms with Crippen molar-refractivity contribution in [3.63, 3.8) is 0 Å². The molecule has 1 heterocycles. The third kappa shape index (κ3) is 5.21. The average Bonchev–Trinajstić information content (AvgIpc) is 2.44. The van der Waals surface area contributed by atoms with Crippen molar-refractivity contribution in [3.05, 3.63) is 35.4 Å². The van der Waals surface area contributed by atoms with Crippen LogP contribution in [0.4, 0.5) is 8.78 Å². The van der Waals surface area contributed by atoms with E-state index >= 15 is 0 Å². The molecule has 0 aromatic heterocycles. The highest BCUT2D eigenvalue weighted by Crippen LogP contribution is 2.13. The largest absolute Gasteiger partial charge is 0.312 e. The SMILES string of the molecule is O=S(=O)(CCNCc1cc(F)cc(F)c1)N1CCSCC1. The molecule has 0 unspecified atom stereocenters. The highest BCUT2D eigenvalue weighted by Gasteiger charge is 2.23. The average molecular weight is 336 g/mol. The number of rotatable bonds is 6. The van der Waals surface area contributed by atoms with E-state index in [4.69, 9.17) is 0 Å². The summed E-state index contributed by atoms with van der Waals surface area (Å²) in [4.78, 5) is 0. The molecule has 1 aromatic rings. The summed E-state index contributed by atoms with van der Waals surface area (Å²) in [7, 11) is -3.24. The fourth-order valence-corrected chi connectivity index (χ4v) is 4.63. The van der Waals surface area contributed by atoms with Crippen molar-refractivity contribution in [2.24, 2.45) is 0 Å². The smallest absolute Gasteiger partial charge is 0.215 e. The van der Waals surface area contributed by atoms with E-state index in [-0.39, 0.29) is 18.8 Å². The van der Waals surface area contributed by atoms with Gasteiger partial charge in [-0.25, -0.2) is 21.5 Å². The zero-order valence-electron chi connectivity index (χ0n) is 11.5. The van der Waals surface area contributed by atoms with Gasteiger partial charge in [0.25, 0.3) is 0 Å². The zero-order chi connectivity index (χ0) is 15.3. The second-order valence-electron chi connectivity index (χ2n) is 4.78. The van der Waals surface area contributed by atoms with Crippen molar-refractivity contribution in [2.75, 3.05) is 36.9 Å². The monoisotopic (exact) mass is 336 g/mol. The Balaban J connectivity index is 1.78. The van der Waals surface area contributed by atoms with Crippen molar-refractivity contribution in [3.8, 4) is 0 Å². The van der Waals surface area contributed by atoms with E-state index in [1.54, 1.807) is 11.8 Å². The van der Waals surface area contributed by atoms with E-state index in [9.17, 15) is 17.2 Å². The van der Waals surface area contributed by atoms with Crippen LogP contribution in [0.1, 0.15) is 5.56 Å². The van der Waals surface area contributed by atoms with Crippen LogP contribution < -0.4 is 5.32 Å². The second-order valence-corrected chi connectivity index (χ2v) is 8.10. The molecule has 0 atom stereocenters. The Hall–Kier alpha value is -0.700. The summed E-state index contributed by atoms with van der Waals surface area (Å²) in [6.07, 6.45) is 0. The normalized spacial score (nSPS) is 17.0. The van der Waals surface area contributed by atoms with Gasteiger partial charge in [0.1, 0.15) is 11.6 Å². The van der Waals surface area contributed by atoms with E-state index in [0.29, 0.717) is 18.7 Å². The Bertz CT molecular complexity index is 555. The molecule has 1 aliphatic rings. The minimum Gasteiger partial charge on any atom is -0.312 e. The molecule has 0 bridgehead atoms. The van der Waals surface area contributed by atoms with Crippen molar-refractivity contribution in [1.29, 1.82) is 0 Å². The van der Waals surface area contributed by atoms with Crippen LogP contribution in [-0.4, -0.2) is 49.6 Å². The van der Waals surface area contributed by atoms with E-state index < -0.39 is 21.7 Å². The van der Waals surface area contributed by atoms with E-state index in [2.05, 4.69) is 5.32 Å². The number of nitrogens with zero attached hydrogens (tertiary/aromatic N) is 1. The van der Waals surface area contributed by atoms with Gasteiger partial charge in [-0.1, -0.05) is 0 Å². The molecule has 1 fully saturated rings. The number of sulfonamides is 1. The maximum absolute atomic E-state index is 13.0. The molecule has 1 saturated heterocycles. The molecule has 1 aromatic carbocycles. The summed E-state index contributed by atoms with van der Waals surface area (Å²) >= 11 is 1.75. The molecule has 0 aliphatic carbocycles. The summed E-state index contributed by atoms with van der Waals surface area (Å²) in [5, 5.41) is 2.91. The number of thioether (sulfide) groups is 1. The molecular formula is C13H18F2N2O2S2. The summed E-state index contributed by atoms with van der Waals surface area (Å²) < 4.78 is 51.6. The van der Waals surface area contributed by atoms with E-state index in [1.165, 1.54) is 16.4 Å². The third-order valence-corrected chi connectivity index (χ3v) is 5.97. The Morgan fingerprint density at radius 3 is 2.38 bits per heavy atom. The molecule has 1 aliphatic heterocycles. The fraction of sp³-hybridized carbons (Fsp3) is 0.538. The van der Waals surface area contributed by atoms with Crippen molar-refractivity contribution in [2.45, 2.75) is 6.54 Å². The first-order valence-corrected chi connectivity index (χ1v) is 9.45. The predicted molar refractivity (Wildman–Crippen MR) is 80.7 cm³/mol. The summed E-state index contributed by atoms with van der Waals surface area (Å²) in [5.41, 5.74) is 0.458. The lowest BCUT2D eigenvalue weighted by Crippen LogP contribution is -2.41. The van der Waals surface area contributed by atoms with Gasteiger partial charge < -0.3 is 5.32 Å². The lowest BCUT2D eigenvalue weighted by Gasteiger charge is -2.25. The minimum absolute atomic E-state index is 0.00450. The van der Waals surface area contributed by atoms with Gasteiger partial charge >= 0.3 is 0 Å². The lowest BCUT2D eigenvalue weighted by atomic mass is 10.2. The Morgan fingerprint density at radius 2 is 1.76 bits per heavy atom. The highest BCUT2D eigenvalue weighted by atomic mass is 32.2. The van der Waals surface area contributed by atoms with Gasteiger partial charge in [0.05, 0.1) is 5.75 Å². The van der Waals surface area contributed by atoms with Crippen molar-refractivity contribution in [1.82, 2.24) is 9.62 Å². The van der Waals surface area contributed by atoms with Gasteiger partial charge in [-0.2, -0.15) is 11.8 Å². The molecule has 2 rings (SSSR count). The summed E-state index contributed by atoms with van der Waals surface area (Å²) in [6, 6.07) is 3.27. The first-order valence-electron chi connectivity index (χ1n) is 6.69. The molecule has 1 N–H and O–H groups in total. The summed E-state index contributed by atoms with van der Waals surface area (Å²) in [5.74, 6) is 0.385. The molecular weight excluding hydrogens is 318 g/mol. The van der Waals surface area contributed by atoms with Crippen LogP contribution >= 0.6 is 11.8 Å². The van der Waals surface area contributed by atoms with Crippen LogP contribution in [0.3, 0.4) is 0 Å². The fourth-order valence-electron chi connectivity index (χ4n) is 2.10. The molecule has 0 saturated carbocycles. The van der Waals surface area contributed by atoms with Crippen LogP contribution in [0.25, 0.3) is 0 Å². The molecule has 21 heavy (non-hydrogen) atoms. The van der Waals surface area contributed by atoms with Gasteiger partial charge in [0.2, 0.25) is 10.0 Å². The standard InChI is InChI=1S/C13H18F2N2O2S2/c14-12-7-11(8-13(15)9-12)10-16-1-6-21(18,19)17-2-4-20-5-3-17/h7-9,16H,1-6,10H2. The maximum atomic E-state index is 13.0. The van der Waals surface area contributed by atoms with Crippen molar-refractivity contribution < 1.29 is 17.2 Å². The van der Waals surface area contributed by atoms with Crippen LogP contribution in [0.15, 0.2) is 18.2 Å².